The van der Waals surface area contributed by atoms with E-state index in [1.807, 2.05) is 37.3 Å². The maximum atomic E-state index is 13.6. The number of para-hydroxylation sites is 1. The Morgan fingerprint density at radius 2 is 1.97 bits per heavy atom. The molecule has 0 amide bonds. The van der Waals surface area contributed by atoms with Gasteiger partial charge < -0.3 is 9.88 Å². The van der Waals surface area contributed by atoms with Crippen LogP contribution >= 0.6 is 25.1 Å². The van der Waals surface area contributed by atoms with Gasteiger partial charge in [0.25, 0.3) is 5.56 Å². The summed E-state index contributed by atoms with van der Waals surface area (Å²) in [5, 5.41) is 5.28. The lowest BCUT2D eigenvalue weighted by molar-refractivity contribution is 0.423. The number of aromatic nitrogens is 7. The van der Waals surface area contributed by atoms with E-state index >= 15 is 0 Å². The number of aryl methyl sites for hydroxylation is 1. The molecule has 4 aromatic heterocycles. The van der Waals surface area contributed by atoms with E-state index in [4.69, 9.17) is 16.7 Å². The van der Waals surface area contributed by atoms with Gasteiger partial charge in [-0.15, -0.1) is 0 Å². The second-order valence-corrected chi connectivity index (χ2v) is 7.93. The third-order valence-electron chi connectivity index (χ3n) is 5.75. The van der Waals surface area contributed by atoms with Gasteiger partial charge in [0.15, 0.2) is 17.3 Å². The molecule has 1 aromatic carbocycles. The number of halogens is 1. The van der Waals surface area contributed by atoms with E-state index in [0.717, 1.165) is 35.7 Å². The number of rotatable bonds is 3. The molecule has 1 saturated heterocycles. The molecule has 1 N–H and O–H groups in total. The topological polar surface area (TPSA) is 97.0 Å². The monoisotopic (exact) mass is 466 g/mol. The molecule has 0 bridgehead atoms. The highest BCUT2D eigenvalue weighted by molar-refractivity contribution is 7.59. The summed E-state index contributed by atoms with van der Waals surface area (Å²) in [5.74, 6) is 1.38. The molecule has 5 heterocycles. The fourth-order valence-corrected chi connectivity index (χ4v) is 4.51. The van der Waals surface area contributed by atoms with Crippen molar-refractivity contribution in [1.82, 2.24) is 34.1 Å². The number of imidazole rings is 1. The molecule has 1 aliphatic rings. The Balaban J connectivity index is 0.00000216. The Morgan fingerprint density at radius 3 is 2.72 bits per heavy atom. The molecule has 1 atom stereocenters. The molecular formula is C21H19ClN8OS. The Kier molecular flexibility index (Phi) is 4.90. The van der Waals surface area contributed by atoms with Crippen molar-refractivity contribution in [2.45, 2.75) is 19.4 Å². The van der Waals surface area contributed by atoms with Gasteiger partial charge in [0, 0.05) is 12.2 Å². The van der Waals surface area contributed by atoms with Crippen LogP contribution in [0, 0.1) is 6.92 Å². The predicted molar refractivity (Wildman–Crippen MR) is 127 cm³/mol. The normalized spacial score (nSPS) is 15.7. The number of nitrogens with one attached hydrogen (secondary N) is 1. The van der Waals surface area contributed by atoms with Gasteiger partial charge in [0.1, 0.15) is 17.4 Å². The SMILES string of the molecule is Cc1cc(Cl)c2c(=O)n(-c3ccccc3)c([C@@H]3CCN3c3ncnc4nc[nH]c34)nn12.S. The Bertz CT molecular complexity index is 1510. The zero-order valence-corrected chi connectivity index (χ0v) is 18.8. The summed E-state index contributed by atoms with van der Waals surface area (Å²) in [7, 11) is 0. The fourth-order valence-electron chi connectivity index (χ4n) is 4.19. The maximum Gasteiger partial charge on any atom is 0.284 e. The van der Waals surface area contributed by atoms with Gasteiger partial charge in [0.05, 0.1) is 23.1 Å². The number of aromatic amines is 1. The van der Waals surface area contributed by atoms with E-state index in [1.54, 1.807) is 21.5 Å². The van der Waals surface area contributed by atoms with Crippen molar-refractivity contribution in [3.8, 4) is 5.69 Å². The molecule has 9 nitrogen and oxygen atoms in total. The minimum atomic E-state index is -0.199. The first kappa shape index (κ1) is 20.5. The summed E-state index contributed by atoms with van der Waals surface area (Å²) in [4.78, 5) is 31.8. The van der Waals surface area contributed by atoms with Crippen LogP contribution in [0.25, 0.3) is 22.4 Å². The van der Waals surface area contributed by atoms with E-state index in [9.17, 15) is 4.79 Å². The number of nitrogens with zero attached hydrogens (tertiary/aromatic N) is 7. The lowest BCUT2D eigenvalue weighted by Gasteiger charge is -2.41. The standard InChI is InChI=1S/C21H17ClN8O.H2S/c1-12-9-14(22)17-21(31)29(13-5-3-2-4-6-13)19(27-30(12)17)15-7-8-28(15)20-16-18(24-10-23-16)25-11-26-20;/h2-6,9-11,15H,7-8H2,1H3,(H,23,24,25,26);1H2/t15-;/m0./s1. The van der Waals surface area contributed by atoms with Crippen LogP contribution in [0.2, 0.25) is 5.02 Å². The summed E-state index contributed by atoms with van der Waals surface area (Å²) in [6.07, 6.45) is 3.94. The second-order valence-electron chi connectivity index (χ2n) is 7.52. The Morgan fingerprint density at radius 1 is 1.16 bits per heavy atom. The molecule has 1 fully saturated rings. The average Bonchev–Trinajstić information content (AvgIpc) is 3.33. The highest BCUT2D eigenvalue weighted by atomic mass is 35.5. The van der Waals surface area contributed by atoms with E-state index in [1.165, 1.54) is 6.33 Å². The first-order valence-electron chi connectivity index (χ1n) is 9.90. The van der Waals surface area contributed by atoms with Crippen LogP contribution in [0.4, 0.5) is 5.82 Å². The molecule has 0 unspecified atom stereocenters. The molecule has 0 spiro atoms. The first-order valence-corrected chi connectivity index (χ1v) is 10.3. The summed E-state index contributed by atoms with van der Waals surface area (Å²) in [6.45, 7) is 2.67. The van der Waals surface area contributed by atoms with Crippen molar-refractivity contribution >= 4 is 47.6 Å². The van der Waals surface area contributed by atoms with Crippen LogP contribution < -0.4 is 10.5 Å². The van der Waals surface area contributed by atoms with E-state index in [0.29, 0.717) is 22.0 Å². The van der Waals surface area contributed by atoms with Gasteiger partial charge in [-0.1, -0.05) is 29.8 Å². The van der Waals surface area contributed by atoms with Crippen molar-refractivity contribution in [2.75, 3.05) is 11.4 Å². The maximum absolute atomic E-state index is 13.6. The number of anilines is 1. The van der Waals surface area contributed by atoms with Crippen molar-refractivity contribution in [1.29, 1.82) is 0 Å². The number of hydrogen-bond donors (Lipinski definition) is 1. The minimum Gasteiger partial charge on any atom is -0.344 e. The molecule has 6 rings (SSSR count). The van der Waals surface area contributed by atoms with Crippen molar-refractivity contribution < 1.29 is 0 Å². The lowest BCUT2D eigenvalue weighted by Crippen LogP contribution is -2.45. The van der Waals surface area contributed by atoms with Crippen LogP contribution in [-0.2, 0) is 0 Å². The van der Waals surface area contributed by atoms with Crippen LogP contribution in [-0.4, -0.2) is 40.7 Å². The summed E-state index contributed by atoms with van der Waals surface area (Å²) >= 11 is 6.39. The largest absolute Gasteiger partial charge is 0.344 e. The molecule has 0 aliphatic carbocycles. The predicted octanol–water partition coefficient (Wildman–Crippen LogP) is 3.18. The average molecular weight is 467 g/mol. The van der Waals surface area contributed by atoms with Crippen molar-refractivity contribution in [2.24, 2.45) is 0 Å². The Hall–Kier alpha value is -3.37. The number of hydrogen-bond acceptors (Lipinski definition) is 6. The quantitative estimate of drug-likeness (QED) is 0.438. The summed E-state index contributed by atoms with van der Waals surface area (Å²) in [6, 6.07) is 11.1. The zero-order chi connectivity index (χ0) is 21.1. The summed E-state index contributed by atoms with van der Waals surface area (Å²) < 4.78 is 3.30. The van der Waals surface area contributed by atoms with Gasteiger partial charge in [-0.05, 0) is 31.5 Å². The lowest BCUT2D eigenvalue weighted by atomic mass is 10.0. The minimum absolute atomic E-state index is 0. The number of H-pyrrole nitrogens is 1. The molecular weight excluding hydrogens is 448 g/mol. The summed E-state index contributed by atoms with van der Waals surface area (Å²) in [5.41, 5.74) is 3.09. The van der Waals surface area contributed by atoms with Crippen molar-refractivity contribution in [3.63, 3.8) is 0 Å². The molecule has 1 aliphatic heterocycles. The molecule has 162 valence electrons. The van der Waals surface area contributed by atoms with Crippen LogP contribution in [0.15, 0.2) is 53.8 Å². The van der Waals surface area contributed by atoms with Gasteiger partial charge in [0.2, 0.25) is 0 Å². The zero-order valence-electron chi connectivity index (χ0n) is 17.0. The van der Waals surface area contributed by atoms with Gasteiger partial charge >= 0.3 is 0 Å². The van der Waals surface area contributed by atoms with Gasteiger partial charge in [-0.2, -0.15) is 18.6 Å². The highest BCUT2D eigenvalue weighted by Gasteiger charge is 2.37. The molecule has 0 radical (unpaired) electrons. The van der Waals surface area contributed by atoms with Crippen LogP contribution in [0.5, 0.6) is 0 Å². The smallest absolute Gasteiger partial charge is 0.284 e. The Labute approximate surface area is 194 Å². The molecule has 11 heteroatoms. The third-order valence-corrected chi connectivity index (χ3v) is 6.04. The van der Waals surface area contributed by atoms with E-state index < -0.39 is 0 Å². The molecule has 32 heavy (non-hydrogen) atoms. The van der Waals surface area contributed by atoms with Gasteiger partial charge in [-0.3, -0.25) is 9.36 Å². The molecule has 0 saturated carbocycles. The van der Waals surface area contributed by atoms with Crippen LogP contribution in [0.3, 0.4) is 0 Å². The van der Waals surface area contributed by atoms with Gasteiger partial charge in [-0.25, -0.2) is 19.5 Å². The fraction of sp³-hybridized carbons (Fsp3) is 0.190. The van der Waals surface area contributed by atoms with Crippen molar-refractivity contribution in [3.05, 3.63) is 75.9 Å². The highest BCUT2D eigenvalue weighted by Crippen LogP contribution is 2.38. The van der Waals surface area contributed by atoms with E-state index in [2.05, 4.69) is 24.8 Å². The number of benzene rings is 1. The van der Waals surface area contributed by atoms with Crippen LogP contribution in [0.1, 0.15) is 24.0 Å². The van der Waals surface area contributed by atoms with E-state index in [-0.39, 0.29) is 25.1 Å². The third kappa shape index (κ3) is 2.90. The first-order chi connectivity index (χ1) is 15.1. The number of fused-ring (bicyclic) bond motifs is 2. The molecule has 5 aromatic rings. The second kappa shape index (κ2) is 7.64.